The lowest BCUT2D eigenvalue weighted by Gasteiger charge is -2.11. The number of carboxylic acid groups (broad SMARTS) is 1. The predicted octanol–water partition coefficient (Wildman–Crippen LogP) is 3.53. The van der Waals surface area contributed by atoms with E-state index in [1.165, 1.54) is 5.56 Å². The summed E-state index contributed by atoms with van der Waals surface area (Å²) >= 11 is 0. The van der Waals surface area contributed by atoms with E-state index in [1.807, 2.05) is 32.0 Å². The average molecular weight is 272 g/mol. The van der Waals surface area contributed by atoms with Crippen LogP contribution in [0.2, 0.25) is 0 Å². The van der Waals surface area contributed by atoms with Crippen LogP contribution in [0, 0.1) is 13.8 Å². The number of carbonyl (C=O) groups is 1. The summed E-state index contributed by atoms with van der Waals surface area (Å²) in [6.45, 7) is 6.21. The molecule has 0 saturated heterocycles. The maximum absolute atomic E-state index is 11.1. The summed E-state index contributed by atoms with van der Waals surface area (Å²) in [4.78, 5) is 11.1. The number of rotatable bonds is 5. The second-order valence-corrected chi connectivity index (χ2v) is 5.06. The summed E-state index contributed by atoms with van der Waals surface area (Å²) in [6.07, 6.45) is 2.93. The van der Waals surface area contributed by atoms with Crippen LogP contribution in [0.15, 0.2) is 24.3 Å². The van der Waals surface area contributed by atoms with Crippen molar-refractivity contribution in [3.63, 3.8) is 0 Å². The molecule has 0 saturated carbocycles. The molecule has 0 bridgehead atoms. The van der Waals surface area contributed by atoms with Gasteiger partial charge in [-0.1, -0.05) is 25.5 Å². The van der Waals surface area contributed by atoms with Gasteiger partial charge < -0.3 is 5.11 Å². The number of benzene rings is 1. The zero-order chi connectivity index (χ0) is 14.7. The third kappa shape index (κ3) is 2.74. The topological polar surface area (TPSA) is 55.1 Å². The Labute approximate surface area is 119 Å². The normalized spacial score (nSPS) is 10.8. The van der Waals surface area contributed by atoms with E-state index in [1.54, 1.807) is 10.7 Å². The van der Waals surface area contributed by atoms with Gasteiger partial charge >= 0.3 is 5.97 Å². The van der Waals surface area contributed by atoms with Crippen LogP contribution in [0.1, 0.15) is 47.1 Å². The summed E-state index contributed by atoms with van der Waals surface area (Å²) in [7, 11) is 0. The molecule has 20 heavy (non-hydrogen) atoms. The standard InChI is InChI=1S/C16H20N2O2/c1-4-5-8-13-10-14(16(19)20)17-18(13)15-9-6-7-11(2)12(15)3/h6-7,9-10H,4-5,8H2,1-3H3,(H,19,20). The number of hydrogen-bond donors (Lipinski definition) is 1. The molecule has 0 atom stereocenters. The molecule has 0 fully saturated rings. The van der Waals surface area contributed by atoms with Crippen LogP contribution in [0.4, 0.5) is 0 Å². The fraction of sp³-hybridized carbons (Fsp3) is 0.375. The molecule has 0 spiro atoms. The van der Waals surface area contributed by atoms with Crippen molar-refractivity contribution in [1.82, 2.24) is 9.78 Å². The molecule has 4 nitrogen and oxygen atoms in total. The van der Waals surface area contributed by atoms with Crippen molar-refractivity contribution in [2.45, 2.75) is 40.0 Å². The van der Waals surface area contributed by atoms with Crippen LogP contribution >= 0.6 is 0 Å². The van der Waals surface area contributed by atoms with Gasteiger partial charge in [0.2, 0.25) is 0 Å². The van der Waals surface area contributed by atoms with Crippen molar-refractivity contribution in [2.75, 3.05) is 0 Å². The maximum atomic E-state index is 11.1. The predicted molar refractivity (Wildman–Crippen MR) is 78.6 cm³/mol. The number of hydrogen-bond acceptors (Lipinski definition) is 2. The summed E-state index contributed by atoms with van der Waals surface area (Å²) in [5, 5.41) is 13.4. The quantitative estimate of drug-likeness (QED) is 0.905. The zero-order valence-corrected chi connectivity index (χ0v) is 12.2. The van der Waals surface area contributed by atoms with Gasteiger partial charge in [-0.15, -0.1) is 0 Å². The van der Waals surface area contributed by atoms with Crippen molar-refractivity contribution in [3.8, 4) is 5.69 Å². The lowest BCUT2D eigenvalue weighted by Crippen LogP contribution is -2.06. The largest absolute Gasteiger partial charge is 0.476 e. The van der Waals surface area contributed by atoms with Crippen molar-refractivity contribution in [2.24, 2.45) is 0 Å². The van der Waals surface area contributed by atoms with Gasteiger partial charge in [0.25, 0.3) is 0 Å². The lowest BCUT2D eigenvalue weighted by molar-refractivity contribution is 0.0690. The highest BCUT2D eigenvalue weighted by Gasteiger charge is 2.15. The second kappa shape index (κ2) is 5.90. The van der Waals surface area contributed by atoms with E-state index in [0.717, 1.165) is 36.2 Å². The molecule has 1 heterocycles. The Morgan fingerprint density at radius 2 is 2.10 bits per heavy atom. The maximum Gasteiger partial charge on any atom is 0.356 e. The van der Waals surface area contributed by atoms with Gasteiger partial charge in [-0.05, 0) is 49.9 Å². The van der Waals surface area contributed by atoms with Gasteiger partial charge in [0.1, 0.15) is 0 Å². The van der Waals surface area contributed by atoms with E-state index in [2.05, 4.69) is 12.0 Å². The smallest absolute Gasteiger partial charge is 0.356 e. The van der Waals surface area contributed by atoms with E-state index in [-0.39, 0.29) is 5.69 Å². The molecule has 0 amide bonds. The summed E-state index contributed by atoms with van der Waals surface area (Å²) < 4.78 is 1.78. The molecule has 0 aliphatic heterocycles. The lowest BCUT2D eigenvalue weighted by atomic mass is 10.1. The number of carboxylic acids is 1. The van der Waals surface area contributed by atoms with Crippen LogP contribution in [0.25, 0.3) is 5.69 Å². The summed E-state index contributed by atoms with van der Waals surface area (Å²) in [5.74, 6) is -0.980. The molecule has 1 aromatic heterocycles. The SMILES string of the molecule is CCCCc1cc(C(=O)O)nn1-c1cccc(C)c1C. The van der Waals surface area contributed by atoms with Crippen molar-refractivity contribution < 1.29 is 9.90 Å². The molecular weight excluding hydrogens is 252 g/mol. The Bertz CT molecular complexity index is 629. The Morgan fingerprint density at radius 1 is 1.35 bits per heavy atom. The second-order valence-electron chi connectivity index (χ2n) is 5.06. The molecule has 2 aromatic rings. The third-order valence-corrected chi connectivity index (χ3v) is 3.59. The molecule has 4 heteroatoms. The van der Waals surface area contributed by atoms with Crippen LogP contribution in [-0.2, 0) is 6.42 Å². The first-order valence-electron chi connectivity index (χ1n) is 6.93. The van der Waals surface area contributed by atoms with Gasteiger partial charge in [0, 0.05) is 5.69 Å². The Balaban J connectivity index is 2.53. The monoisotopic (exact) mass is 272 g/mol. The molecule has 0 aliphatic rings. The molecule has 1 N–H and O–H groups in total. The molecule has 2 rings (SSSR count). The van der Waals surface area contributed by atoms with Gasteiger partial charge in [0.05, 0.1) is 5.69 Å². The van der Waals surface area contributed by atoms with Crippen molar-refractivity contribution in [3.05, 3.63) is 46.8 Å². The summed E-state index contributed by atoms with van der Waals surface area (Å²) in [5.41, 5.74) is 4.33. The van der Waals surface area contributed by atoms with Gasteiger partial charge in [-0.2, -0.15) is 5.10 Å². The number of nitrogens with zero attached hydrogens (tertiary/aromatic N) is 2. The van der Waals surface area contributed by atoms with Gasteiger partial charge in [-0.25, -0.2) is 9.48 Å². The van der Waals surface area contributed by atoms with E-state index in [0.29, 0.717) is 0 Å². The minimum Gasteiger partial charge on any atom is -0.476 e. The van der Waals surface area contributed by atoms with Gasteiger partial charge in [0.15, 0.2) is 5.69 Å². The number of aromatic nitrogens is 2. The van der Waals surface area contributed by atoms with E-state index in [4.69, 9.17) is 5.11 Å². The summed E-state index contributed by atoms with van der Waals surface area (Å²) in [6, 6.07) is 7.69. The van der Waals surface area contributed by atoms with E-state index < -0.39 is 5.97 Å². The number of aryl methyl sites for hydroxylation is 2. The first kappa shape index (κ1) is 14.3. The van der Waals surface area contributed by atoms with Crippen molar-refractivity contribution >= 4 is 5.97 Å². The molecule has 0 radical (unpaired) electrons. The van der Waals surface area contributed by atoms with Crippen LogP contribution in [-0.4, -0.2) is 20.9 Å². The third-order valence-electron chi connectivity index (χ3n) is 3.59. The highest BCUT2D eigenvalue weighted by Crippen LogP contribution is 2.20. The van der Waals surface area contributed by atoms with E-state index >= 15 is 0 Å². The first-order valence-corrected chi connectivity index (χ1v) is 6.93. The fourth-order valence-corrected chi connectivity index (χ4v) is 2.23. The minimum absolute atomic E-state index is 0.108. The molecule has 0 aliphatic carbocycles. The molecular formula is C16H20N2O2. The number of aromatic carboxylic acids is 1. The highest BCUT2D eigenvalue weighted by atomic mass is 16.4. The number of unbranched alkanes of at least 4 members (excludes halogenated alkanes) is 1. The van der Waals surface area contributed by atoms with Crippen LogP contribution in [0.3, 0.4) is 0 Å². The van der Waals surface area contributed by atoms with Crippen LogP contribution < -0.4 is 0 Å². The molecule has 0 unspecified atom stereocenters. The fourth-order valence-electron chi connectivity index (χ4n) is 2.23. The zero-order valence-electron chi connectivity index (χ0n) is 12.2. The van der Waals surface area contributed by atoms with Crippen LogP contribution in [0.5, 0.6) is 0 Å². The molecule has 1 aromatic carbocycles. The minimum atomic E-state index is -0.980. The highest BCUT2D eigenvalue weighted by molar-refractivity contribution is 5.85. The molecule has 106 valence electrons. The van der Waals surface area contributed by atoms with Gasteiger partial charge in [-0.3, -0.25) is 0 Å². The Kier molecular flexibility index (Phi) is 4.23. The van der Waals surface area contributed by atoms with E-state index in [9.17, 15) is 4.79 Å². The Hall–Kier alpha value is -2.10. The Morgan fingerprint density at radius 3 is 2.75 bits per heavy atom. The first-order chi connectivity index (χ1) is 9.54. The van der Waals surface area contributed by atoms with Crippen molar-refractivity contribution in [1.29, 1.82) is 0 Å². The average Bonchev–Trinajstić information content (AvgIpc) is 2.83.